The molecule has 2 N–H and O–H groups in total. The molecule has 0 spiro atoms. The van der Waals surface area contributed by atoms with E-state index in [0.717, 1.165) is 62.4 Å². The smallest absolute Gasteiger partial charge is 0.123 e. The van der Waals surface area contributed by atoms with E-state index in [1.54, 1.807) is 19.2 Å². The molecule has 2 fully saturated rings. The molecule has 1 aliphatic carbocycles. The summed E-state index contributed by atoms with van der Waals surface area (Å²) in [5.74, 6) is 0.690. The van der Waals surface area contributed by atoms with Gasteiger partial charge in [-0.05, 0) is 88.2 Å². The monoisotopic (exact) mass is 462 g/mol. The van der Waals surface area contributed by atoms with Gasteiger partial charge in [0.05, 0.1) is 5.60 Å². The van der Waals surface area contributed by atoms with E-state index >= 15 is 0 Å². The molecule has 0 bridgehead atoms. The van der Waals surface area contributed by atoms with Crippen molar-refractivity contribution in [1.29, 1.82) is 0 Å². The molecule has 0 aromatic heterocycles. The number of hydrogen-bond donors (Lipinski definition) is 2. The van der Waals surface area contributed by atoms with E-state index in [-0.39, 0.29) is 11.7 Å². The summed E-state index contributed by atoms with van der Waals surface area (Å²) < 4.78 is 19.6. The van der Waals surface area contributed by atoms with Crippen LogP contribution in [0.4, 0.5) is 4.39 Å². The lowest BCUT2D eigenvalue weighted by Crippen LogP contribution is -2.52. The minimum atomic E-state index is -1.01. The van der Waals surface area contributed by atoms with E-state index in [1.165, 1.54) is 38.5 Å². The largest absolute Gasteiger partial charge is 0.385 e. The van der Waals surface area contributed by atoms with E-state index in [0.29, 0.717) is 19.1 Å². The maximum atomic E-state index is 14.4. The number of hydrogen-bond acceptors (Lipinski definition) is 4. The summed E-state index contributed by atoms with van der Waals surface area (Å²) in [4.78, 5) is 2.63. The number of likely N-dealkylation sites (tertiary alicyclic amines) is 1. The molecule has 0 radical (unpaired) electrons. The fourth-order valence-electron chi connectivity index (χ4n) is 6.34. The van der Waals surface area contributed by atoms with E-state index in [4.69, 9.17) is 4.74 Å². The Kier molecular flexibility index (Phi) is 10.6. The van der Waals surface area contributed by atoms with Crippen LogP contribution < -0.4 is 5.32 Å². The average molecular weight is 463 g/mol. The number of benzene rings is 1. The summed E-state index contributed by atoms with van der Waals surface area (Å²) >= 11 is 0. The number of halogens is 1. The lowest BCUT2D eigenvalue weighted by molar-refractivity contribution is -0.0692. The Bertz CT molecular complexity index is 689. The van der Waals surface area contributed by atoms with Gasteiger partial charge in [-0.15, -0.1) is 0 Å². The minimum Gasteiger partial charge on any atom is -0.385 e. The number of nitrogens with zero attached hydrogens (tertiary/aromatic N) is 1. The van der Waals surface area contributed by atoms with Crippen LogP contribution in [-0.4, -0.2) is 56.4 Å². The number of aliphatic hydroxyl groups is 1. The predicted molar refractivity (Wildman–Crippen MR) is 134 cm³/mol. The Labute approximate surface area is 201 Å². The highest BCUT2D eigenvalue weighted by Gasteiger charge is 2.41. The van der Waals surface area contributed by atoms with Crippen LogP contribution in [0.25, 0.3) is 0 Å². The molecular weight excluding hydrogens is 415 g/mol. The van der Waals surface area contributed by atoms with Crippen LogP contribution in [-0.2, 0) is 10.3 Å². The molecule has 4 nitrogen and oxygen atoms in total. The van der Waals surface area contributed by atoms with Crippen LogP contribution in [0.5, 0.6) is 0 Å². The Balaban J connectivity index is 1.78. The van der Waals surface area contributed by atoms with Gasteiger partial charge in [0.15, 0.2) is 0 Å². The van der Waals surface area contributed by atoms with Crippen molar-refractivity contribution < 1.29 is 14.2 Å². The molecule has 3 atom stereocenters. The van der Waals surface area contributed by atoms with Crippen molar-refractivity contribution in [3.8, 4) is 0 Å². The standard InChI is InChI=1S/C28H47FN2O2/c1-22-16-25(19-26(29)17-22)28(32,13-7-8-15-33-3)24-12-9-14-31(21-24)27(20-30-2)18-23-10-5-4-6-11-23/h16-17,19,23-24,27,30,32H,4-15,18,20-21H2,1-3H3. The molecule has 33 heavy (non-hydrogen) atoms. The van der Waals surface area contributed by atoms with E-state index in [9.17, 15) is 9.50 Å². The van der Waals surface area contributed by atoms with Gasteiger partial charge in [0.1, 0.15) is 5.82 Å². The molecule has 1 saturated heterocycles. The van der Waals surface area contributed by atoms with Gasteiger partial charge in [-0.2, -0.15) is 0 Å². The van der Waals surface area contributed by atoms with Gasteiger partial charge in [0.25, 0.3) is 0 Å². The van der Waals surface area contributed by atoms with Crippen molar-refractivity contribution in [2.75, 3.05) is 40.4 Å². The van der Waals surface area contributed by atoms with E-state index < -0.39 is 5.60 Å². The van der Waals surface area contributed by atoms with Gasteiger partial charge in [-0.1, -0.05) is 38.2 Å². The van der Waals surface area contributed by atoms with Crippen molar-refractivity contribution in [1.82, 2.24) is 10.2 Å². The Morgan fingerprint density at radius 3 is 2.64 bits per heavy atom. The molecular formula is C28H47FN2O2. The third kappa shape index (κ3) is 7.48. The summed E-state index contributed by atoms with van der Waals surface area (Å²) in [6.07, 6.45) is 12.6. The number of methoxy groups -OCH3 is 1. The predicted octanol–water partition coefficient (Wildman–Crippen LogP) is 5.41. The third-order valence-electron chi connectivity index (χ3n) is 8.11. The van der Waals surface area contributed by atoms with E-state index in [2.05, 4.69) is 17.3 Å². The lowest BCUT2D eigenvalue weighted by Gasteiger charge is -2.46. The van der Waals surface area contributed by atoms with Crippen LogP contribution in [0.3, 0.4) is 0 Å². The summed E-state index contributed by atoms with van der Waals surface area (Å²) in [5, 5.41) is 15.6. The van der Waals surface area contributed by atoms with Crippen LogP contribution in [0.2, 0.25) is 0 Å². The first-order chi connectivity index (χ1) is 16.0. The topological polar surface area (TPSA) is 44.7 Å². The summed E-state index contributed by atoms with van der Waals surface area (Å²) in [6.45, 7) is 5.58. The number of likely N-dealkylation sites (N-methyl/N-ethyl adjacent to an activating group) is 1. The number of piperidine rings is 1. The molecule has 3 unspecified atom stereocenters. The molecule has 188 valence electrons. The minimum absolute atomic E-state index is 0.112. The molecule has 1 aliphatic heterocycles. The quantitative estimate of drug-likeness (QED) is 0.408. The maximum absolute atomic E-state index is 14.4. The second-order valence-electron chi connectivity index (χ2n) is 10.7. The van der Waals surface area contributed by atoms with Gasteiger partial charge >= 0.3 is 0 Å². The highest BCUT2D eigenvalue weighted by Crippen LogP contribution is 2.41. The van der Waals surface area contributed by atoms with Gasteiger partial charge in [0, 0.05) is 38.8 Å². The number of unbranched alkanes of at least 4 members (excludes halogenated alkanes) is 1. The highest BCUT2D eigenvalue weighted by molar-refractivity contribution is 5.29. The van der Waals surface area contributed by atoms with Crippen molar-refractivity contribution in [2.24, 2.45) is 11.8 Å². The molecule has 2 aliphatic rings. The third-order valence-corrected chi connectivity index (χ3v) is 8.11. The summed E-state index contributed by atoms with van der Waals surface area (Å²) in [7, 11) is 3.77. The number of rotatable bonds is 12. The second-order valence-corrected chi connectivity index (χ2v) is 10.7. The van der Waals surface area contributed by atoms with Crippen LogP contribution >= 0.6 is 0 Å². The first-order valence-electron chi connectivity index (χ1n) is 13.3. The van der Waals surface area contributed by atoms with Crippen molar-refractivity contribution in [2.45, 2.75) is 89.2 Å². The second kappa shape index (κ2) is 13.2. The fourth-order valence-corrected chi connectivity index (χ4v) is 6.34. The van der Waals surface area contributed by atoms with Crippen LogP contribution in [0, 0.1) is 24.6 Å². The Hall–Kier alpha value is -1.01. The molecule has 1 heterocycles. The first-order valence-corrected chi connectivity index (χ1v) is 13.3. The van der Waals surface area contributed by atoms with Gasteiger partial charge in [-0.3, -0.25) is 4.90 Å². The zero-order valence-electron chi connectivity index (χ0n) is 21.3. The SMILES string of the molecule is CNCC(CC1CCCCC1)N1CCCC(C(O)(CCCCOC)c2cc(C)cc(F)c2)C1. The molecule has 5 heteroatoms. The molecule has 3 rings (SSSR count). The first kappa shape index (κ1) is 26.6. The van der Waals surface area contributed by atoms with Gasteiger partial charge in [-0.25, -0.2) is 4.39 Å². The van der Waals surface area contributed by atoms with Crippen LogP contribution in [0.15, 0.2) is 18.2 Å². The Morgan fingerprint density at radius 1 is 1.15 bits per heavy atom. The summed E-state index contributed by atoms with van der Waals surface area (Å²) in [6, 6.07) is 5.61. The molecule has 0 amide bonds. The lowest BCUT2D eigenvalue weighted by atomic mass is 9.73. The van der Waals surface area contributed by atoms with Crippen molar-refractivity contribution in [3.63, 3.8) is 0 Å². The molecule has 1 saturated carbocycles. The molecule has 1 aromatic rings. The average Bonchev–Trinajstić information content (AvgIpc) is 2.81. The maximum Gasteiger partial charge on any atom is 0.123 e. The fraction of sp³-hybridized carbons (Fsp3) is 0.786. The highest BCUT2D eigenvalue weighted by atomic mass is 19.1. The van der Waals surface area contributed by atoms with Crippen molar-refractivity contribution >= 4 is 0 Å². The number of nitrogens with one attached hydrogen (secondary N) is 1. The van der Waals surface area contributed by atoms with Gasteiger partial charge < -0.3 is 15.2 Å². The zero-order valence-corrected chi connectivity index (χ0v) is 21.3. The number of aryl methyl sites for hydroxylation is 1. The summed E-state index contributed by atoms with van der Waals surface area (Å²) in [5.41, 5.74) is 0.619. The van der Waals surface area contributed by atoms with E-state index in [1.807, 2.05) is 13.0 Å². The Morgan fingerprint density at radius 2 is 1.94 bits per heavy atom. The zero-order chi connectivity index (χ0) is 23.7. The van der Waals surface area contributed by atoms with Crippen molar-refractivity contribution in [3.05, 3.63) is 35.1 Å². The van der Waals surface area contributed by atoms with Crippen LogP contribution in [0.1, 0.15) is 81.8 Å². The molecule has 1 aromatic carbocycles. The van der Waals surface area contributed by atoms with Gasteiger partial charge in [0.2, 0.25) is 0 Å². The number of ether oxygens (including phenoxy) is 1. The normalized spacial score (nSPS) is 23.4.